The monoisotopic (exact) mass is 496 g/mol. The Balaban J connectivity index is 1.48. The van der Waals surface area contributed by atoms with E-state index in [0.717, 1.165) is 18.4 Å². The summed E-state index contributed by atoms with van der Waals surface area (Å²) in [4.78, 5) is 11.7. The van der Waals surface area contributed by atoms with Crippen LogP contribution in [0.2, 0.25) is 0 Å². The summed E-state index contributed by atoms with van der Waals surface area (Å²) in [5.74, 6) is -0.0625. The Morgan fingerprint density at radius 3 is 1.72 bits per heavy atom. The topological polar surface area (TPSA) is 55.8 Å². The molecule has 0 amide bonds. The van der Waals surface area contributed by atoms with Crippen LogP contribution in [0, 0.1) is 0 Å². The predicted octanol–water partition coefficient (Wildman–Crippen LogP) is 9.60. The van der Waals surface area contributed by atoms with Gasteiger partial charge in [-0.1, -0.05) is 134 Å². The van der Waals surface area contributed by atoms with Gasteiger partial charge >= 0.3 is 5.97 Å². The van der Waals surface area contributed by atoms with Crippen LogP contribution in [-0.4, -0.2) is 17.7 Å². The Kier molecular flexibility index (Phi) is 16.2. The quantitative estimate of drug-likeness (QED) is 0.165. The maximum Gasteiger partial charge on any atom is 0.339 e. The molecule has 0 aliphatic carbocycles. The Labute approximate surface area is 219 Å². The molecule has 0 aromatic heterocycles. The molecule has 0 saturated carbocycles. The number of rotatable bonds is 22. The Bertz CT molecular complexity index is 818. The second-order valence-electron chi connectivity index (χ2n) is 9.89. The molecule has 0 fully saturated rings. The van der Waals surface area contributed by atoms with Crippen molar-refractivity contribution in [2.75, 3.05) is 6.61 Å². The van der Waals surface area contributed by atoms with E-state index in [-0.39, 0.29) is 5.56 Å². The van der Waals surface area contributed by atoms with E-state index in [1.165, 1.54) is 89.9 Å². The molecule has 4 nitrogen and oxygen atoms in total. The summed E-state index contributed by atoms with van der Waals surface area (Å²) in [6.45, 7) is 3.22. The highest BCUT2D eigenvalue weighted by atomic mass is 16.5. The van der Waals surface area contributed by atoms with E-state index >= 15 is 0 Å². The SMILES string of the molecule is CCCCCCCCCCCCCCCCCCOc1ccc(OCc2ccccc2)c(C(=O)O)c1. The Morgan fingerprint density at radius 2 is 1.19 bits per heavy atom. The van der Waals surface area contributed by atoms with Crippen LogP contribution in [0.15, 0.2) is 48.5 Å². The Hall–Kier alpha value is -2.49. The van der Waals surface area contributed by atoms with E-state index in [2.05, 4.69) is 6.92 Å². The lowest BCUT2D eigenvalue weighted by Crippen LogP contribution is -2.05. The zero-order valence-electron chi connectivity index (χ0n) is 22.5. The molecule has 0 radical (unpaired) electrons. The fourth-order valence-corrected chi connectivity index (χ4v) is 4.47. The van der Waals surface area contributed by atoms with Crippen molar-refractivity contribution in [3.05, 3.63) is 59.7 Å². The first-order valence-electron chi connectivity index (χ1n) is 14.4. The molecule has 36 heavy (non-hydrogen) atoms. The van der Waals surface area contributed by atoms with E-state index in [1.807, 2.05) is 30.3 Å². The number of carboxylic acids is 1. The first kappa shape index (κ1) is 29.7. The van der Waals surface area contributed by atoms with Gasteiger partial charge in [0, 0.05) is 0 Å². The molecule has 1 N–H and O–H groups in total. The molecule has 0 aliphatic heterocycles. The third-order valence-electron chi connectivity index (χ3n) is 6.69. The highest BCUT2D eigenvalue weighted by molar-refractivity contribution is 5.91. The molecule has 0 unspecified atom stereocenters. The minimum Gasteiger partial charge on any atom is -0.494 e. The lowest BCUT2D eigenvalue weighted by atomic mass is 10.0. The van der Waals surface area contributed by atoms with Gasteiger partial charge in [0.2, 0.25) is 0 Å². The highest BCUT2D eigenvalue weighted by Gasteiger charge is 2.13. The molecule has 0 bridgehead atoms. The highest BCUT2D eigenvalue weighted by Crippen LogP contribution is 2.25. The lowest BCUT2D eigenvalue weighted by Gasteiger charge is -2.12. The minimum absolute atomic E-state index is 0.135. The average molecular weight is 497 g/mol. The summed E-state index contributed by atoms with van der Waals surface area (Å²) in [5, 5.41) is 9.57. The molecule has 200 valence electrons. The maximum absolute atomic E-state index is 11.7. The van der Waals surface area contributed by atoms with Crippen molar-refractivity contribution >= 4 is 5.97 Å². The first-order valence-corrected chi connectivity index (χ1v) is 14.4. The van der Waals surface area contributed by atoms with Gasteiger partial charge in [-0.15, -0.1) is 0 Å². The summed E-state index contributed by atoms with van der Waals surface area (Å²) in [5.41, 5.74) is 1.13. The number of aromatic carboxylic acids is 1. The van der Waals surface area contributed by atoms with Crippen LogP contribution in [0.3, 0.4) is 0 Å². The number of hydrogen-bond donors (Lipinski definition) is 1. The number of hydrogen-bond acceptors (Lipinski definition) is 3. The third kappa shape index (κ3) is 13.6. The van der Waals surface area contributed by atoms with Gasteiger partial charge in [0.1, 0.15) is 23.7 Å². The van der Waals surface area contributed by atoms with Gasteiger partial charge < -0.3 is 14.6 Å². The first-order chi connectivity index (χ1) is 17.7. The maximum atomic E-state index is 11.7. The average Bonchev–Trinajstić information content (AvgIpc) is 2.90. The van der Waals surface area contributed by atoms with Crippen molar-refractivity contribution in [3.8, 4) is 11.5 Å². The molecule has 2 aromatic rings. The van der Waals surface area contributed by atoms with Crippen molar-refractivity contribution in [1.82, 2.24) is 0 Å². The van der Waals surface area contributed by atoms with Crippen LogP contribution < -0.4 is 9.47 Å². The predicted molar refractivity (Wildman–Crippen MR) is 149 cm³/mol. The fraction of sp³-hybridized carbons (Fsp3) is 0.594. The van der Waals surface area contributed by atoms with E-state index in [9.17, 15) is 9.90 Å². The largest absolute Gasteiger partial charge is 0.494 e. The molecular weight excluding hydrogens is 448 g/mol. The van der Waals surface area contributed by atoms with Gasteiger partial charge in [0.25, 0.3) is 0 Å². The zero-order valence-corrected chi connectivity index (χ0v) is 22.5. The molecule has 0 heterocycles. The molecule has 4 heteroatoms. The summed E-state index contributed by atoms with van der Waals surface area (Å²) >= 11 is 0. The normalized spacial score (nSPS) is 10.9. The fourth-order valence-electron chi connectivity index (χ4n) is 4.47. The summed E-state index contributed by atoms with van der Waals surface area (Å²) in [6.07, 6.45) is 21.5. The van der Waals surface area contributed by atoms with Crippen molar-refractivity contribution in [2.24, 2.45) is 0 Å². The molecule has 0 spiro atoms. The van der Waals surface area contributed by atoms with Gasteiger partial charge in [-0.2, -0.15) is 0 Å². The smallest absolute Gasteiger partial charge is 0.339 e. The number of ether oxygens (including phenoxy) is 2. The second kappa shape index (κ2) is 19.7. The van der Waals surface area contributed by atoms with Crippen LogP contribution in [0.4, 0.5) is 0 Å². The minimum atomic E-state index is -1.01. The number of benzene rings is 2. The number of carbonyl (C=O) groups is 1. The van der Waals surface area contributed by atoms with E-state index in [1.54, 1.807) is 18.2 Å². The van der Waals surface area contributed by atoms with Crippen LogP contribution in [0.1, 0.15) is 126 Å². The molecule has 0 saturated heterocycles. The molecule has 0 atom stereocenters. The van der Waals surface area contributed by atoms with Gasteiger partial charge in [0.15, 0.2) is 0 Å². The van der Waals surface area contributed by atoms with E-state index < -0.39 is 5.97 Å². The van der Waals surface area contributed by atoms with Crippen LogP contribution in [0.25, 0.3) is 0 Å². The molecule has 2 rings (SSSR count). The number of carboxylic acid groups (broad SMARTS) is 1. The van der Waals surface area contributed by atoms with Gasteiger partial charge in [-0.05, 0) is 30.2 Å². The summed E-state index contributed by atoms with van der Waals surface area (Å²) in [7, 11) is 0. The van der Waals surface area contributed by atoms with Crippen LogP contribution in [-0.2, 0) is 6.61 Å². The Morgan fingerprint density at radius 1 is 0.667 bits per heavy atom. The van der Waals surface area contributed by atoms with E-state index in [0.29, 0.717) is 24.7 Å². The van der Waals surface area contributed by atoms with Crippen LogP contribution in [0.5, 0.6) is 11.5 Å². The molecular formula is C32H48O4. The van der Waals surface area contributed by atoms with Crippen molar-refractivity contribution < 1.29 is 19.4 Å². The van der Waals surface area contributed by atoms with Crippen molar-refractivity contribution in [2.45, 2.75) is 116 Å². The summed E-state index contributed by atoms with van der Waals surface area (Å²) < 4.78 is 11.6. The second-order valence-corrected chi connectivity index (χ2v) is 9.89. The van der Waals surface area contributed by atoms with Gasteiger partial charge in [-0.25, -0.2) is 4.79 Å². The molecule has 0 aliphatic rings. The zero-order chi connectivity index (χ0) is 25.7. The van der Waals surface area contributed by atoms with Crippen molar-refractivity contribution in [3.63, 3.8) is 0 Å². The standard InChI is InChI=1S/C32H48O4/c1-2-3-4-5-6-7-8-9-10-11-12-13-14-15-16-20-25-35-29-23-24-31(30(26-29)32(33)34)36-27-28-21-18-17-19-22-28/h17-19,21-24,26H,2-16,20,25,27H2,1H3,(H,33,34). The third-order valence-corrected chi connectivity index (χ3v) is 6.69. The lowest BCUT2D eigenvalue weighted by molar-refractivity contribution is 0.0691. The van der Waals surface area contributed by atoms with Crippen molar-refractivity contribution in [1.29, 1.82) is 0 Å². The van der Waals surface area contributed by atoms with Gasteiger partial charge in [0.05, 0.1) is 6.61 Å². The number of unbranched alkanes of at least 4 members (excludes halogenated alkanes) is 15. The molecule has 2 aromatic carbocycles. The van der Waals surface area contributed by atoms with Crippen LogP contribution >= 0.6 is 0 Å². The summed E-state index contributed by atoms with van der Waals surface area (Å²) in [6, 6.07) is 14.8. The van der Waals surface area contributed by atoms with E-state index in [4.69, 9.17) is 9.47 Å². The van der Waals surface area contributed by atoms with Gasteiger partial charge in [-0.3, -0.25) is 0 Å².